The number of nitriles is 1. The molecule has 0 bridgehead atoms. The third kappa shape index (κ3) is 2.34. The summed E-state index contributed by atoms with van der Waals surface area (Å²) in [6.45, 7) is 3.05. The quantitative estimate of drug-likeness (QED) is 0.790. The molecule has 1 atom stereocenters. The molecule has 1 fully saturated rings. The molecule has 0 radical (unpaired) electrons. The molecule has 1 saturated carbocycles. The molecule has 1 aromatic rings. The molecular formula is C17H21NO. The number of ether oxygens (including phenoxy) is 1. The standard InChI is InChI=1S/C17H21NO/c1-13-6-8-17(12-18,9-7-13)10-14-11-19-16-5-3-2-4-15(14)16/h2-5,13-14H,6-11H2,1H3. The Kier molecular flexibility index (Phi) is 3.22. The van der Waals surface area contributed by atoms with Crippen LogP contribution in [0.3, 0.4) is 0 Å². The SMILES string of the molecule is CC1CCC(C#N)(CC2COc3ccccc32)CC1. The highest BCUT2D eigenvalue weighted by atomic mass is 16.5. The summed E-state index contributed by atoms with van der Waals surface area (Å²) >= 11 is 0. The van der Waals surface area contributed by atoms with Gasteiger partial charge in [-0.3, -0.25) is 0 Å². The molecule has 3 rings (SSSR count). The maximum Gasteiger partial charge on any atom is 0.122 e. The van der Waals surface area contributed by atoms with Gasteiger partial charge in [0.2, 0.25) is 0 Å². The molecule has 0 saturated heterocycles. The van der Waals surface area contributed by atoms with E-state index in [1.165, 1.54) is 18.4 Å². The van der Waals surface area contributed by atoms with Crippen LogP contribution in [0.25, 0.3) is 0 Å². The van der Waals surface area contributed by atoms with Crippen molar-refractivity contribution >= 4 is 0 Å². The zero-order valence-corrected chi connectivity index (χ0v) is 11.6. The predicted molar refractivity (Wildman–Crippen MR) is 75.0 cm³/mol. The maximum atomic E-state index is 9.65. The van der Waals surface area contributed by atoms with E-state index in [0.717, 1.165) is 37.5 Å². The summed E-state index contributed by atoms with van der Waals surface area (Å²) in [5.74, 6) is 2.21. The average molecular weight is 255 g/mol. The van der Waals surface area contributed by atoms with Crippen LogP contribution in [-0.2, 0) is 0 Å². The monoisotopic (exact) mass is 255 g/mol. The van der Waals surface area contributed by atoms with Gasteiger partial charge in [0.1, 0.15) is 5.75 Å². The van der Waals surface area contributed by atoms with Gasteiger partial charge in [-0.15, -0.1) is 0 Å². The fourth-order valence-electron chi connectivity index (χ4n) is 3.55. The third-order valence-electron chi connectivity index (χ3n) is 4.90. The molecule has 0 spiro atoms. The first-order valence-electron chi connectivity index (χ1n) is 7.35. The average Bonchev–Trinajstić information content (AvgIpc) is 2.85. The van der Waals surface area contributed by atoms with Crippen LogP contribution in [0.4, 0.5) is 0 Å². The van der Waals surface area contributed by atoms with Gasteiger partial charge in [0.05, 0.1) is 18.1 Å². The van der Waals surface area contributed by atoms with E-state index in [1.54, 1.807) is 0 Å². The van der Waals surface area contributed by atoms with E-state index in [9.17, 15) is 5.26 Å². The molecule has 100 valence electrons. The minimum absolute atomic E-state index is 0.113. The predicted octanol–water partition coefficient (Wildman–Crippen LogP) is 4.27. The van der Waals surface area contributed by atoms with Crippen molar-refractivity contribution in [2.75, 3.05) is 6.61 Å². The van der Waals surface area contributed by atoms with Gasteiger partial charge in [0.15, 0.2) is 0 Å². The summed E-state index contributed by atoms with van der Waals surface area (Å²) in [6, 6.07) is 10.9. The van der Waals surface area contributed by atoms with E-state index >= 15 is 0 Å². The number of fused-ring (bicyclic) bond motifs is 1. The Morgan fingerprint density at radius 2 is 2.05 bits per heavy atom. The van der Waals surface area contributed by atoms with Gasteiger partial charge in [-0.05, 0) is 44.1 Å². The van der Waals surface area contributed by atoms with Gasteiger partial charge < -0.3 is 4.74 Å². The lowest BCUT2D eigenvalue weighted by atomic mass is 9.67. The zero-order chi connectivity index (χ0) is 13.3. The molecule has 19 heavy (non-hydrogen) atoms. The van der Waals surface area contributed by atoms with Crippen LogP contribution in [0.5, 0.6) is 5.75 Å². The first-order chi connectivity index (χ1) is 9.22. The number of para-hydroxylation sites is 1. The number of hydrogen-bond donors (Lipinski definition) is 0. The molecule has 1 aliphatic heterocycles. The van der Waals surface area contributed by atoms with Gasteiger partial charge in [0, 0.05) is 11.5 Å². The van der Waals surface area contributed by atoms with E-state index in [-0.39, 0.29) is 5.41 Å². The summed E-state index contributed by atoms with van der Waals surface area (Å²) in [5.41, 5.74) is 1.19. The van der Waals surface area contributed by atoms with Crippen LogP contribution >= 0.6 is 0 Å². The Morgan fingerprint density at radius 1 is 1.32 bits per heavy atom. The Labute approximate surface area is 115 Å². The first-order valence-corrected chi connectivity index (χ1v) is 7.35. The molecule has 2 heteroatoms. The Hall–Kier alpha value is -1.49. The van der Waals surface area contributed by atoms with Gasteiger partial charge in [-0.1, -0.05) is 25.1 Å². The highest BCUT2D eigenvalue weighted by Crippen LogP contribution is 2.47. The Balaban J connectivity index is 1.77. The van der Waals surface area contributed by atoms with Crippen molar-refractivity contribution in [2.24, 2.45) is 11.3 Å². The number of hydrogen-bond acceptors (Lipinski definition) is 2. The molecule has 0 aromatic heterocycles. The lowest BCUT2D eigenvalue weighted by molar-refractivity contribution is 0.184. The van der Waals surface area contributed by atoms with Crippen molar-refractivity contribution < 1.29 is 4.74 Å². The number of benzene rings is 1. The fraction of sp³-hybridized carbons (Fsp3) is 0.588. The summed E-state index contributed by atoms with van der Waals surface area (Å²) in [6.07, 6.45) is 5.48. The van der Waals surface area contributed by atoms with Gasteiger partial charge in [-0.25, -0.2) is 0 Å². The van der Waals surface area contributed by atoms with Crippen LogP contribution in [0, 0.1) is 22.7 Å². The van der Waals surface area contributed by atoms with E-state index < -0.39 is 0 Å². The zero-order valence-electron chi connectivity index (χ0n) is 11.6. The fourth-order valence-corrected chi connectivity index (χ4v) is 3.55. The Bertz CT molecular complexity index is 494. The van der Waals surface area contributed by atoms with Crippen molar-refractivity contribution in [2.45, 2.75) is 44.9 Å². The lowest BCUT2D eigenvalue weighted by Crippen LogP contribution is -2.27. The minimum atomic E-state index is -0.113. The molecule has 1 aliphatic carbocycles. The topological polar surface area (TPSA) is 33.0 Å². The van der Waals surface area contributed by atoms with Crippen LogP contribution in [-0.4, -0.2) is 6.61 Å². The molecular weight excluding hydrogens is 234 g/mol. The van der Waals surface area contributed by atoms with Gasteiger partial charge in [-0.2, -0.15) is 5.26 Å². The van der Waals surface area contributed by atoms with E-state index in [2.05, 4.69) is 25.1 Å². The second kappa shape index (κ2) is 4.89. The number of nitrogens with zero attached hydrogens (tertiary/aromatic N) is 1. The van der Waals surface area contributed by atoms with Crippen molar-refractivity contribution in [1.82, 2.24) is 0 Å². The largest absolute Gasteiger partial charge is 0.493 e. The molecule has 1 heterocycles. The maximum absolute atomic E-state index is 9.65. The van der Waals surface area contributed by atoms with Crippen molar-refractivity contribution in [1.29, 1.82) is 5.26 Å². The van der Waals surface area contributed by atoms with Crippen LogP contribution in [0.1, 0.15) is 50.5 Å². The first kappa shape index (κ1) is 12.5. The van der Waals surface area contributed by atoms with E-state index in [0.29, 0.717) is 5.92 Å². The molecule has 2 aliphatic rings. The molecule has 0 amide bonds. The van der Waals surface area contributed by atoms with Crippen molar-refractivity contribution in [3.63, 3.8) is 0 Å². The van der Waals surface area contributed by atoms with E-state index in [4.69, 9.17) is 4.74 Å². The highest BCUT2D eigenvalue weighted by Gasteiger charge is 2.39. The third-order valence-corrected chi connectivity index (χ3v) is 4.90. The van der Waals surface area contributed by atoms with Crippen LogP contribution < -0.4 is 4.74 Å². The van der Waals surface area contributed by atoms with Gasteiger partial charge >= 0.3 is 0 Å². The lowest BCUT2D eigenvalue weighted by Gasteiger charge is -2.35. The summed E-state index contributed by atoms with van der Waals surface area (Å²) in [5, 5.41) is 9.65. The van der Waals surface area contributed by atoms with Gasteiger partial charge in [0.25, 0.3) is 0 Å². The van der Waals surface area contributed by atoms with Crippen molar-refractivity contribution in [3.8, 4) is 11.8 Å². The molecule has 0 N–H and O–H groups in total. The second-order valence-corrected chi connectivity index (χ2v) is 6.32. The number of rotatable bonds is 2. The second-order valence-electron chi connectivity index (χ2n) is 6.32. The highest BCUT2D eigenvalue weighted by molar-refractivity contribution is 5.40. The normalized spacial score (nSPS) is 33.3. The Morgan fingerprint density at radius 3 is 2.79 bits per heavy atom. The smallest absolute Gasteiger partial charge is 0.122 e. The molecule has 1 unspecified atom stereocenters. The van der Waals surface area contributed by atoms with Crippen LogP contribution in [0.2, 0.25) is 0 Å². The summed E-state index contributed by atoms with van der Waals surface area (Å²) < 4.78 is 5.75. The minimum Gasteiger partial charge on any atom is -0.493 e. The van der Waals surface area contributed by atoms with Crippen LogP contribution in [0.15, 0.2) is 24.3 Å². The van der Waals surface area contributed by atoms with E-state index in [1.807, 2.05) is 12.1 Å². The summed E-state index contributed by atoms with van der Waals surface area (Å²) in [4.78, 5) is 0. The molecule has 1 aromatic carbocycles. The summed E-state index contributed by atoms with van der Waals surface area (Å²) in [7, 11) is 0. The van der Waals surface area contributed by atoms with Crippen molar-refractivity contribution in [3.05, 3.63) is 29.8 Å². The molecule has 2 nitrogen and oxygen atoms in total.